The molecule has 0 radical (unpaired) electrons. The Bertz CT molecular complexity index is 1120. The van der Waals surface area contributed by atoms with Gasteiger partial charge >= 0.3 is 11.8 Å². The van der Waals surface area contributed by atoms with Crippen LogP contribution in [0.3, 0.4) is 0 Å². The van der Waals surface area contributed by atoms with Crippen molar-refractivity contribution in [3.05, 3.63) is 63.9 Å². The predicted octanol–water partition coefficient (Wildman–Crippen LogP) is 2.81. The van der Waals surface area contributed by atoms with Crippen LogP contribution >= 0.6 is 11.6 Å². The van der Waals surface area contributed by atoms with Crippen molar-refractivity contribution in [3.63, 3.8) is 0 Å². The molecule has 0 saturated carbocycles. The maximum Gasteiger partial charge on any atom is 0.313 e. The molecule has 2 aromatic carbocycles. The zero-order valence-electron chi connectivity index (χ0n) is 20.1. The SMILES string of the molecule is CC(C)CN(C)Cc1ccc2c(c1)CC(CN=C(N)N)[C@H]2NC(=O)C(=O)Nc1ccc(Cl)c(F)c1. The van der Waals surface area contributed by atoms with Crippen molar-refractivity contribution in [3.8, 4) is 0 Å². The smallest absolute Gasteiger partial charge is 0.313 e. The Morgan fingerprint density at radius 1 is 1.20 bits per heavy atom. The molecule has 188 valence electrons. The molecule has 1 aliphatic carbocycles. The number of halogens is 2. The second kappa shape index (κ2) is 11.5. The third-order valence-corrected chi connectivity index (χ3v) is 6.11. The number of carbonyl (C=O) groups excluding carboxylic acids is 2. The predicted molar refractivity (Wildman–Crippen MR) is 136 cm³/mol. The van der Waals surface area contributed by atoms with Crippen LogP contribution in [0.4, 0.5) is 10.1 Å². The lowest BCUT2D eigenvalue weighted by molar-refractivity contribution is -0.136. The zero-order chi connectivity index (χ0) is 25.7. The molecule has 6 N–H and O–H groups in total. The molecular weight excluding hydrogens is 471 g/mol. The van der Waals surface area contributed by atoms with Gasteiger partial charge in [0.2, 0.25) is 0 Å². The minimum atomic E-state index is -0.910. The molecule has 8 nitrogen and oxygen atoms in total. The third-order valence-electron chi connectivity index (χ3n) is 5.80. The first-order valence-corrected chi connectivity index (χ1v) is 11.8. The molecule has 0 aromatic heterocycles. The highest BCUT2D eigenvalue weighted by atomic mass is 35.5. The van der Waals surface area contributed by atoms with E-state index in [1.807, 2.05) is 12.1 Å². The number of hydrogen-bond acceptors (Lipinski definition) is 4. The molecule has 2 amide bonds. The lowest BCUT2D eigenvalue weighted by Crippen LogP contribution is -2.40. The van der Waals surface area contributed by atoms with Gasteiger partial charge in [0.1, 0.15) is 5.82 Å². The number of nitrogens with zero attached hydrogens (tertiary/aromatic N) is 2. The van der Waals surface area contributed by atoms with E-state index < -0.39 is 23.7 Å². The van der Waals surface area contributed by atoms with Crippen LogP contribution in [0, 0.1) is 17.7 Å². The number of benzene rings is 2. The highest BCUT2D eigenvalue weighted by Gasteiger charge is 2.35. The number of carbonyl (C=O) groups is 2. The minimum Gasteiger partial charge on any atom is -0.370 e. The number of guanidine groups is 1. The number of nitrogens with one attached hydrogen (secondary N) is 2. The van der Waals surface area contributed by atoms with Gasteiger partial charge in [0.15, 0.2) is 5.96 Å². The van der Waals surface area contributed by atoms with E-state index in [1.54, 1.807) is 0 Å². The van der Waals surface area contributed by atoms with E-state index in [4.69, 9.17) is 23.1 Å². The fourth-order valence-corrected chi connectivity index (χ4v) is 4.57. The van der Waals surface area contributed by atoms with E-state index in [0.717, 1.165) is 30.3 Å². The van der Waals surface area contributed by atoms with Gasteiger partial charge < -0.3 is 27.0 Å². The molecular formula is C25H32ClFN6O2. The molecule has 0 bridgehead atoms. The molecule has 3 rings (SSSR count). The van der Waals surface area contributed by atoms with Crippen LogP contribution in [0.2, 0.25) is 5.02 Å². The quantitative estimate of drug-likeness (QED) is 0.251. The van der Waals surface area contributed by atoms with E-state index >= 15 is 0 Å². The van der Waals surface area contributed by atoms with Gasteiger partial charge in [-0.1, -0.05) is 43.6 Å². The average molecular weight is 503 g/mol. The van der Waals surface area contributed by atoms with Crippen LogP contribution < -0.4 is 22.1 Å². The van der Waals surface area contributed by atoms with Crippen molar-refractivity contribution in [2.24, 2.45) is 28.3 Å². The van der Waals surface area contributed by atoms with Gasteiger partial charge in [-0.05, 0) is 54.3 Å². The number of amides is 2. The summed E-state index contributed by atoms with van der Waals surface area (Å²) >= 11 is 5.67. The molecule has 0 fully saturated rings. The molecule has 1 aliphatic rings. The Hall–Kier alpha value is -3.17. The maximum atomic E-state index is 13.7. The number of hydrogen-bond donors (Lipinski definition) is 4. The lowest BCUT2D eigenvalue weighted by Gasteiger charge is -2.21. The van der Waals surface area contributed by atoms with Gasteiger partial charge in [0.05, 0.1) is 11.1 Å². The topological polar surface area (TPSA) is 126 Å². The van der Waals surface area contributed by atoms with Gasteiger partial charge in [-0.2, -0.15) is 0 Å². The first kappa shape index (κ1) is 26.4. The zero-order valence-corrected chi connectivity index (χ0v) is 20.9. The van der Waals surface area contributed by atoms with Gasteiger partial charge in [0.25, 0.3) is 0 Å². The largest absolute Gasteiger partial charge is 0.370 e. The standard InChI is InChI=1S/C25H32ClFN6O2/c1-14(2)12-33(3)13-15-4-6-19-16(8-15)9-17(11-30-25(28)29)22(19)32-24(35)23(34)31-18-5-7-20(26)21(27)10-18/h4-8,10,14,17,22H,9,11-13H2,1-3H3,(H,31,34)(H,32,35)(H4,28,29,30)/t17?,22-/m1/s1. The van der Waals surface area contributed by atoms with Crippen LogP contribution in [0.15, 0.2) is 41.4 Å². The Balaban J connectivity index is 1.76. The molecule has 0 saturated heterocycles. The van der Waals surface area contributed by atoms with Crippen molar-refractivity contribution in [1.29, 1.82) is 0 Å². The average Bonchev–Trinajstić information content (AvgIpc) is 3.10. The summed E-state index contributed by atoms with van der Waals surface area (Å²) in [6.07, 6.45) is 0.656. The molecule has 2 atom stereocenters. The normalized spacial score (nSPS) is 16.8. The van der Waals surface area contributed by atoms with E-state index in [2.05, 4.69) is 47.5 Å². The molecule has 0 aliphatic heterocycles. The highest BCUT2D eigenvalue weighted by molar-refractivity contribution is 6.39. The Morgan fingerprint density at radius 2 is 1.94 bits per heavy atom. The first-order chi connectivity index (χ1) is 16.5. The van der Waals surface area contributed by atoms with Crippen molar-refractivity contribution in [1.82, 2.24) is 10.2 Å². The Morgan fingerprint density at radius 3 is 2.60 bits per heavy atom. The first-order valence-electron chi connectivity index (χ1n) is 11.5. The number of anilines is 1. The van der Waals surface area contributed by atoms with E-state index in [-0.39, 0.29) is 22.6 Å². The van der Waals surface area contributed by atoms with Gasteiger partial charge in [0, 0.05) is 31.2 Å². The van der Waals surface area contributed by atoms with E-state index in [0.29, 0.717) is 18.9 Å². The van der Waals surface area contributed by atoms with Gasteiger partial charge in [-0.3, -0.25) is 14.6 Å². The molecule has 1 unspecified atom stereocenters. The number of rotatable bonds is 8. The Kier molecular flexibility index (Phi) is 8.69. The van der Waals surface area contributed by atoms with Crippen LogP contribution in [0.1, 0.15) is 36.6 Å². The summed E-state index contributed by atoms with van der Waals surface area (Å²) in [5.74, 6) is -2.04. The third kappa shape index (κ3) is 7.16. The molecule has 2 aromatic rings. The van der Waals surface area contributed by atoms with Crippen LogP contribution in [0.5, 0.6) is 0 Å². The number of fused-ring (bicyclic) bond motifs is 1. The van der Waals surface area contributed by atoms with Gasteiger partial charge in [-0.25, -0.2) is 4.39 Å². The summed E-state index contributed by atoms with van der Waals surface area (Å²) in [5.41, 5.74) is 14.4. The Labute approximate surface area is 209 Å². The number of nitrogens with two attached hydrogens (primary N) is 2. The molecule has 0 heterocycles. The summed E-state index contributed by atoms with van der Waals surface area (Å²) in [5, 5.41) is 5.13. The fourth-order valence-electron chi connectivity index (χ4n) is 4.45. The van der Waals surface area contributed by atoms with E-state index in [1.165, 1.54) is 17.7 Å². The summed E-state index contributed by atoms with van der Waals surface area (Å²) in [6, 6.07) is 9.49. The highest BCUT2D eigenvalue weighted by Crippen LogP contribution is 2.37. The fraction of sp³-hybridized carbons (Fsp3) is 0.400. The van der Waals surface area contributed by atoms with E-state index in [9.17, 15) is 14.0 Å². The second-order valence-electron chi connectivity index (χ2n) is 9.39. The minimum absolute atomic E-state index is 0.0375. The molecule has 35 heavy (non-hydrogen) atoms. The van der Waals surface area contributed by atoms with Crippen LogP contribution in [-0.4, -0.2) is 42.8 Å². The van der Waals surface area contributed by atoms with Crippen LogP contribution in [-0.2, 0) is 22.6 Å². The summed E-state index contributed by atoms with van der Waals surface area (Å²) in [7, 11) is 2.09. The maximum absolute atomic E-state index is 13.7. The summed E-state index contributed by atoms with van der Waals surface area (Å²) in [4.78, 5) is 31.6. The molecule has 10 heteroatoms. The van der Waals surface area contributed by atoms with Gasteiger partial charge in [-0.15, -0.1) is 0 Å². The van der Waals surface area contributed by atoms with Crippen molar-refractivity contribution < 1.29 is 14.0 Å². The van der Waals surface area contributed by atoms with Crippen molar-refractivity contribution in [2.45, 2.75) is 32.9 Å². The molecule has 0 spiro atoms. The van der Waals surface area contributed by atoms with Crippen molar-refractivity contribution >= 4 is 35.1 Å². The van der Waals surface area contributed by atoms with Crippen LogP contribution in [0.25, 0.3) is 0 Å². The number of aliphatic imine (C=N–C) groups is 1. The lowest BCUT2D eigenvalue weighted by atomic mass is 10.00. The summed E-state index contributed by atoms with van der Waals surface area (Å²) < 4.78 is 13.7. The summed E-state index contributed by atoms with van der Waals surface area (Å²) in [6.45, 7) is 6.45. The second-order valence-corrected chi connectivity index (χ2v) is 9.79. The van der Waals surface area contributed by atoms with Crippen molar-refractivity contribution in [2.75, 3.05) is 25.5 Å². The monoisotopic (exact) mass is 502 g/mol.